The van der Waals surface area contributed by atoms with Crippen LogP contribution in [-0.4, -0.2) is 37.5 Å². The molecule has 2 aromatic rings. The topological polar surface area (TPSA) is 72.7 Å². The standard InChI is InChI=1S/C18H20FN5OS/c1-3-24-17(14-9-20-10-15(19)12(14)2)22-23-18(24)26-11-16(25)21-13-7-5-4-6-8-13/h4-7,9-10,13H,3,8,11H2,1-2H3,(H,21,25). The van der Waals surface area contributed by atoms with Gasteiger partial charge in [-0.05, 0) is 25.8 Å². The average molecular weight is 373 g/mol. The van der Waals surface area contributed by atoms with Gasteiger partial charge in [-0.3, -0.25) is 9.78 Å². The molecule has 1 atom stereocenters. The van der Waals surface area contributed by atoms with Crippen molar-refractivity contribution in [3.05, 3.63) is 48.1 Å². The summed E-state index contributed by atoms with van der Waals surface area (Å²) in [5.74, 6) is 0.361. The molecule has 26 heavy (non-hydrogen) atoms. The maximum atomic E-state index is 13.8. The lowest BCUT2D eigenvalue weighted by molar-refractivity contribution is -0.118. The predicted octanol–water partition coefficient (Wildman–Crippen LogP) is 2.90. The first-order valence-corrected chi connectivity index (χ1v) is 9.38. The van der Waals surface area contributed by atoms with Gasteiger partial charge >= 0.3 is 0 Å². The lowest BCUT2D eigenvalue weighted by Gasteiger charge is -2.15. The van der Waals surface area contributed by atoms with Crippen LogP contribution in [0.5, 0.6) is 0 Å². The van der Waals surface area contributed by atoms with Crippen LogP contribution in [0.25, 0.3) is 11.4 Å². The second-order valence-corrected chi connectivity index (χ2v) is 6.80. The average Bonchev–Trinajstić information content (AvgIpc) is 3.06. The molecule has 1 aliphatic rings. The fourth-order valence-corrected chi connectivity index (χ4v) is 3.48. The van der Waals surface area contributed by atoms with E-state index in [1.54, 1.807) is 13.1 Å². The largest absolute Gasteiger partial charge is 0.349 e. The highest BCUT2D eigenvalue weighted by atomic mass is 32.2. The summed E-state index contributed by atoms with van der Waals surface area (Å²) in [4.78, 5) is 16.1. The number of nitrogens with one attached hydrogen (secondary N) is 1. The van der Waals surface area contributed by atoms with E-state index in [9.17, 15) is 9.18 Å². The molecule has 1 aliphatic carbocycles. The Hall–Kier alpha value is -2.48. The van der Waals surface area contributed by atoms with E-state index in [0.29, 0.717) is 28.7 Å². The predicted molar refractivity (Wildman–Crippen MR) is 99.2 cm³/mol. The highest BCUT2D eigenvalue weighted by Crippen LogP contribution is 2.26. The molecule has 0 fully saturated rings. The summed E-state index contributed by atoms with van der Waals surface area (Å²) in [6.07, 6.45) is 11.4. The van der Waals surface area contributed by atoms with Crippen molar-refractivity contribution in [1.29, 1.82) is 0 Å². The van der Waals surface area contributed by atoms with Gasteiger partial charge in [0.15, 0.2) is 11.0 Å². The van der Waals surface area contributed by atoms with Gasteiger partial charge in [-0.1, -0.05) is 36.1 Å². The summed E-state index contributed by atoms with van der Waals surface area (Å²) in [5, 5.41) is 12.0. The molecule has 136 valence electrons. The number of amides is 1. The summed E-state index contributed by atoms with van der Waals surface area (Å²) in [6.45, 7) is 4.25. The minimum Gasteiger partial charge on any atom is -0.349 e. The van der Waals surface area contributed by atoms with Gasteiger partial charge in [0, 0.05) is 18.3 Å². The number of aromatic nitrogens is 4. The first kappa shape index (κ1) is 18.3. The van der Waals surface area contributed by atoms with Crippen molar-refractivity contribution in [3.8, 4) is 11.4 Å². The van der Waals surface area contributed by atoms with Crippen LogP contribution in [0.4, 0.5) is 4.39 Å². The number of allylic oxidation sites excluding steroid dienone is 2. The summed E-state index contributed by atoms with van der Waals surface area (Å²) in [5.41, 5.74) is 1.09. The molecule has 2 heterocycles. The van der Waals surface area contributed by atoms with E-state index in [4.69, 9.17) is 0 Å². The number of nitrogens with zero attached hydrogens (tertiary/aromatic N) is 4. The van der Waals surface area contributed by atoms with E-state index < -0.39 is 0 Å². The van der Waals surface area contributed by atoms with Crippen molar-refractivity contribution in [1.82, 2.24) is 25.1 Å². The Morgan fingerprint density at radius 3 is 2.96 bits per heavy atom. The molecule has 6 nitrogen and oxygen atoms in total. The van der Waals surface area contributed by atoms with Crippen LogP contribution < -0.4 is 5.32 Å². The van der Waals surface area contributed by atoms with E-state index in [1.807, 2.05) is 35.8 Å². The second kappa shape index (κ2) is 8.27. The Morgan fingerprint density at radius 1 is 1.38 bits per heavy atom. The van der Waals surface area contributed by atoms with Crippen LogP contribution in [0.15, 0.2) is 41.9 Å². The van der Waals surface area contributed by atoms with Crippen molar-refractivity contribution in [2.75, 3.05) is 5.75 Å². The van der Waals surface area contributed by atoms with Gasteiger partial charge in [-0.15, -0.1) is 10.2 Å². The lowest BCUT2D eigenvalue weighted by Crippen LogP contribution is -2.34. The summed E-state index contributed by atoms with van der Waals surface area (Å²) >= 11 is 1.31. The molecule has 1 unspecified atom stereocenters. The highest BCUT2D eigenvalue weighted by Gasteiger charge is 2.18. The molecule has 3 rings (SSSR count). The third-order valence-corrected chi connectivity index (χ3v) is 5.05. The van der Waals surface area contributed by atoms with Gasteiger partial charge in [-0.2, -0.15) is 0 Å². The van der Waals surface area contributed by atoms with E-state index in [1.165, 1.54) is 18.0 Å². The molecule has 2 aromatic heterocycles. The molecule has 8 heteroatoms. The normalized spacial score (nSPS) is 16.0. The third-order valence-electron chi connectivity index (χ3n) is 4.09. The molecule has 0 spiro atoms. The maximum Gasteiger partial charge on any atom is 0.230 e. The van der Waals surface area contributed by atoms with Crippen LogP contribution in [-0.2, 0) is 11.3 Å². The Labute approximate surface area is 155 Å². The van der Waals surface area contributed by atoms with Gasteiger partial charge in [0.1, 0.15) is 5.82 Å². The van der Waals surface area contributed by atoms with Crippen LogP contribution in [0.3, 0.4) is 0 Å². The van der Waals surface area contributed by atoms with Crippen LogP contribution in [0.2, 0.25) is 0 Å². The number of thioether (sulfide) groups is 1. The molecular weight excluding hydrogens is 353 g/mol. The quantitative estimate of drug-likeness (QED) is 0.788. The molecule has 0 aliphatic heterocycles. The maximum absolute atomic E-state index is 13.8. The first-order valence-electron chi connectivity index (χ1n) is 8.39. The lowest BCUT2D eigenvalue weighted by atomic mass is 10.1. The minimum atomic E-state index is -0.378. The van der Waals surface area contributed by atoms with Crippen molar-refractivity contribution < 1.29 is 9.18 Å². The third kappa shape index (κ3) is 4.01. The van der Waals surface area contributed by atoms with Gasteiger partial charge in [-0.25, -0.2) is 4.39 Å². The fourth-order valence-electron chi connectivity index (χ4n) is 2.67. The van der Waals surface area contributed by atoms with Crippen molar-refractivity contribution in [2.45, 2.75) is 38.0 Å². The number of halogens is 1. The van der Waals surface area contributed by atoms with Gasteiger partial charge in [0.2, 0.25) is 5.91 Å². The van der Waals surface area contributed by atoms with Crippen molar-refractivity contribution in [2.24, 2.45) is 0 Å². The van der Waals surface area contributed by atoms with Crippen LogP contribution in [0.1, 0.15) is 18.9 Å². The van der Waals surface area contributed by atoms with Gasteiger partial charge in [0.05, 0.1) is 18.0 Å². The summed E-state index contributed by atoms with van der Waals surface area (Å²) in [7, 11) is 0. The monoisotopic (exact) mass is 373 g/mol. The molecule has 0 bridgehead atoms. The Balaban J connectivity index is 1.70. The number of hydrogen-bond donors (Lipinski definition) is 1. The molecular formula is C18H20FN5OS. The van der Waals surface area contributed by atoms with E-state index >= 15 is 0 Å². The number of rotatable bonds is 6. The zero-order chi connectivity index (χ0) is 18.5. The molecule has 0 saturated heterocycles. The zero-order valence-electron chi connectivity index (χ0n) is 14.6. The van der Waals surface area contributed by atoms with Gasteiger partial charge < -0.3 is 9.88 Å². The van der Waals surface area contributed by atoms with Crippen LogP contribution in [0, 0.1) is 12.7 Å². The van der Waals surface area contributed by atoms with E-state index in [0.717, 1.165) is 6.42 Å². The number of hydrogen-bond acceptors (Lipinski definition) is 5. The van der Waals surface area contributed by atoms with E-state index in [-0.39, 0.29) is 23.5 Å². The van der Waals surface area contributed by atoms with E-state index in [2.05, 4.69) is 20.5 Å². The molecule has 0 aromatic carbocycles. The number of carbonyl (C=O) groups excluding carboxylic acids is 1. The summed E-state index contributed by atoms with van der Waals surface area (Å²) < 4.78 is 15.7. The fraction of sp³-hybridized carbons (Fsp3) is 0.333. The van der Waals surface area contributed by atoms with Crippen LogP contribution >= 0.6 is 11.8 Å². The Bertz CT molecular complexity index is 861. The number of carbonyl (C=O) groups is 1. The molecule has 0 saturated carbocycles. The molecule has 1 N–H and O–H groups in total. The molecule has 0 radical (unpaired) electrons. The highest BCUT2D eigenvalue weighted by molar-refractivity contribution is 7.99. The minimum absolute atomic E-state index is 0.0359. The smallest absolute Gasteiger partial charge is 0.230 e. The Kier molecular flexibility index (Phi) is 5.82. The summed E-state index contributed by atoms with van der Waals surface area (Å²) in [6, 6.07) is 0.0359. The number of pyridine rings is 1. The van der Waals surface area contributed by atoms with Crippen molar-refractivity contribution >= 4 is 17.7 Å². The second-order valence-electron chi connectivity index (χ2n) is 5.86. The van der Waals surface area contributed by atoms with Crippen molar-refractivity contribution in [3.63, 3.8) is 0 Å². The molecule has 1 amide bonds. The van der Waals surface area contributed by atoms with Gasteiger partial charge in [0.25, 0.3) is 0 Å². The first-order chi connectivity index (χ1) is 12.6. The Morgan fingerprint density at radius 2 is 2.23 bits per heavy atom. The zero-order valence-corrected chi connectivity index (χ0v) is 15.5. The SMILES string of the molecule is CCn1c(SCC(=O)NC2C=CC=CC2)nnc1-c1cncc(F)c1C.